The fraction of sp³-hybridized carbons (Fsp3) is 0.513. The molecule has 0 N–H and O–H groups in total. The number of carbonyl (C=O) groups excluding carboxylic acids is 1. The molecule has 0 aliphatic heterocycles. The van der Waals surface area contributed by atoms with Gasteiger partial charge >= 0.3 is 5.97 Å². The molecule has 3 heteroatoms. The van der Waals surface area contributed by atoms with Crippen LogP contribution in [0.2, 0.25) is 0 Å². The fourth-order valence-electron chi connectivity index (χ4n) is 5.87. The summed E-state index contributed by atoms with van der Waals surface area (Å²) in [5, 5.41) is 0. The van der Waals surface area contributed by atoms with Gasteiger partial charge in [0.1, 0.15) is 17.4 Å². The number of rotatable bonds is 20. The Morgan fingerprint density at radius 3 is 1.62 bits per heavy atom. The molecule has 0 saturated heterocycles. The highest BCUT2D eigenvalue weighted by molar-refractivity contribution is 5.92. The first-order valence-electron chi connectivity index (χ1n) is 16.6. The van der Waals surface area contributed by atoms with Crippen LogP contribution >= 0.6 is 0 Å². The Labute approximate surface area is 256 Å². The van der Waals surface area contributed by atoms with Crippen LogP contribution in [0.25, 0.3) is 0 Å². The number of hydrogen-bond acceptors (Lipinski definition) is 3. The first-order valence-corrected chi connectivity index (χ1v) is 16.6. The average molecular weight is 571 g/mol. The van der Waals surface area contributed by atoms with Crippen molar-refractivity contribution in [2.75, 3.05) is 0 Å². The Morgan fingerprint density at radius 2 is 1.10 bits per heavy atom. The summed E-state index contributed by atoms with van der Waals surface area (Å²) in [5.74, 6) is 1.40. The Hall–Kier alpha value is -3.07. The second-order valence-corrected chi connectivity index (χ2v) is 11.9. The number of unbranched alkanes of at least 4 members (excludes halogenated alkanes) is 2. The Balaban J connectivity index is 1.71. The molecule has 0 heterocycles. The summed E-state index contributed by atoms with van der Waals surface area (Å²) in [6, 6.07) is 29.1. The maximum absolute atomic E-state index is 13.7. The maximum atomic E-state index is 13.7. The summed E-state index contributed by atoms with van der Waals surface area (Å²) >= 11 is 0. The lowest BCUT2D eigenvalue weighted by atomic mass is 9.90. The number of benzene rings is 3. The van der Waals surface area contributed by atoms with E-state index < -0.39 is 0 Å². The minimum Gasteiger partial charge on any atom is -0.490 e. The molecule has 4 unspecified atom stereocenters. The smallest absolute Gasteiger partial charge is 0.342 e. The van der Waals surface area contributed by atoms with Gasteiger partial charge in [0.15, 0.2) is 0 Å². The van der Waals surface area contributed by atoms with Gasteiger partial charge in [-0.25, -0.2) is 4.79 Å². The van der Waals surface area contributed by atoms with Crippen molar-refractivity contribution in [3.63, 3.8) is 0 Å². The molecule has 0 radical (unpaired) electrons. The van der Waals surface area contributed by atoms with E-state index in [1.54, 1.807) is 0 Å². The molecule has 4 atom stereocenters. The predicted molar refractivity (Wildman–Crippen MR) is 176 cm³/mol. The molecule has 0 aliphatic rings. The molecule has 228 valence electrons. The maximum Gasteiger partial charge on any atom is 0.342 e. The van der Waals surface area contributed by atoms with Gasteiger partial charge in [-0.1, -0.05) is 139 Å². The molecule has 0 spiro atoms. The lowest BCUT2D eigenvalue weighted by Crippen LogP contribution is -2.25. The average Bonchev–Trinajstić information content (AvgIpc) is 3.02. The number of esters is 1. The lowest BCUT2D eigenvalue weighted by molar-refractivity contribution is 0.0204. The van der Waals surface area contributed by atoms with Crippen LogP contribution in [0.3, 0.4) is 0 Å². The van der Waals surface area contributed by atoms with Gasteiger partial charge in [-0.2, -0.15) is 0 Å². The highest BCUT2D eigenvalue weighted by atomic mass is 16.5. The lowest BCUT2D eigenvalue weighted by Gasteiger charge is -2.26. The molecule has 0 aliphatic carbocycles. The summed E-state index contributed by atoms with van der Waals surface area (Å²) < 4.78 is 13.0. The van der Waals surface area contributed by atoms with Crippen LogP contribution in [0.5, 0.6) is 5.75 Å². The second kappa shape index (κ2) is 19.2. The van der Waals surface area contributed by atoms with Crippen LogP contribution in [0, 0.1) is 11.8 Å². The van der Waals surface area contributed by atoms with Crippen molar-refractivity contribution < 1.29 is 14.3 Å². The van der Waals surface area contributed by atoms with Crippen molar-refractivity contribution in [1.82, 2.24) is 0 Å². The minimum atomic E-state index is -0.258. The number of ether oxygens (including phenoxy) is 2. The molecule has 3 aromatic rings. The van der Waals surface area contributed by atoms with Crippen molar-refractivity contribution in [1.29, 1.82) is 0 Å². The van der Waals surface area contributed by atoms with Crippen LogP contribution < -0.4 is 4.74 Å². The van der Waals surface area contributed by atoms with Gasteiger partial charge in [-0.05, 0) is 73.6 Å². The molecule has 42 heavy (non-hydrogen) atoms. The quantitative estimate of drug-likeness (QED) is 0.127. The SMILES string of the molecule is CCCCC(CC(CC)Cc1ccccc1)OC(=O)c1ccccc1OC(CCCC)CC(CC)Cc1ccccc1. The van der Waals surface area contributed by atoms with Gasteiger partial charge in [0.05, 0.1) is 6.10 Å². The van der Waals surface area contributed by atoms with Crippen molar-refractivity contribution in [3.05, 3.63) is 102 Å². The van der Waals surface area contributed by atoms with Gasteiger partial charge in [0.2, 0.25) is 0 Å². The van der Waals surface area contributed by atoms with Crippen LogP contribution in [-0.2, 0) is 17.6 Å². The largest absolute Gasteiger partial charge is 0.490 e. The number of para-hydroxylation sites is 1. The summed E-state index contributed by atoms with van der Waals surface area (Å²) in [7, 11) is 0. The van der Waals surface area contributed by atoms with E-state index in [1.165, 1.54) is 11.1 Å². The van der Waals surface area contributed by atoms with E-state index in [9.17, 15) is 4.79 Å². The second-order valence-electron chi connectivity index (χ2n) is 11.9. The summed E-state index contributed by atoms with van der Waals surface area (Å²) in [5.41, 5.74) is 3.27. The predicted octanol–water partition coefficient (Wildman–Crippen LogP) is 10.7. The molecule has 3 nitrogen and oxygen atoms in total. The van der Waals surface area contributed by atoms with E-state index in [4.69, 9.17) is 9.47 Å². The molecular weight excluding hydrogens is 516 g/mol. The van der Waals surface area contributed by atoms with Crippen LogP contribution in [0.1, 0.15) is 113 Å². The molecule has 0 amide bonds. The first kappa shape index (κ1) is 33.4. The van der Waals surface area contributed by atoms with Gasteiger partial charge in [0.25, 0.3) is 0 Å². The number of hydrogen-bond donors (Lipinski definition) is 0. The molecular formula is C39H54O3. The van der Waals surface area contributed by atoms with Crippen molar-refractivity contribution >= 4 is 5.97 Å². The van der Waals surface area contributed by atoms with Crippen molar-refractivity contribution in [2.24, 2.45) is 11.8 Å². The van der Waals surface area contributed by atoms with E-state index >= 15 is 0 Å². The zero-order valence-electron chi connectivity index (χ0n) is 26.6. The van der Waals surface area contributed by atoms with Crippen LogP contribution in [-0.4, -0.2) is 18.2 Å². The van der Waals surface area contributed by atoms with Gasteiger partial charge in [-0.15, -0.1) is 0 Å². The van der Waals surface area contributed by atoms with Gasteiger partial charge in [-0.3, -0.25) is 0 Å². The summed E-state index contributed by atoms with van der Waals surface area (Å²) in [6.45, 7) is 8.93. The number of carbonyl (C=O) groups is 1. The van der Waals surface area contributed by atoms with Crippen LogP contribution in [0.15, 0.2) is 84.9 Å². The van der Waals surface area contributed by atoms with E-state index in [2.05, 4.69) is 88.4 Å². The topological polar surface area (TPSA) is 35.5 Å². The van der Waals surface area contributed by atoms with E-state index in [-0.39, 0.29) is 18.2 Å². The molecule has 0 bridgehead atoms. The molecule has 0 fully saturated rings. The molecule has 0 saturated carbocycles. The van der Waals surface area contributed by atoms with E-state index in [0.717, 1.165) is 77.0 Å². The van der Waals surface area contributed by atoms with Crippen molar-refractivity contribution in [2.45, 2.75) is 117 Å². The molecule has 3 aromatic carbocycles. The monoisotopic (exact) mass is 570 g/mol. The standard InChI is InChI=1S/C39H54O3/c1-5-9-23-35(29-31(7-3)27-33-19-13-11-14-20-33)41-38-26-18-17-25-37(38)39(40)42-36(24-10-6-2)30-32(8-4)28-34-21-15-12-16-22-34/h11-22,25-26,31-32,35-36H,5-10,23-24,27-30H2,1-4H3. The third kappa shape index (κ3) is 11.7. The van der Waals surface area contributed by atoms with E-state index in [1.807, 2.05) is 24.3 Å². The highest BCUT2D eigenvalue weighted by Crippen LogP contribution is 2.29. The van der Waals surface area contributed by atoms with Gasteiger partial charge in [0, 0.05) is 0 Å². The highest BCUT2D eigenvalue weighted by Gasteiger charge is 2.24. The summed E-state index contributed by atoms with van der Waals surface area (Å²) in [4.78, 5) is 13.7. The Kier molecular flexibility index (Phi) is 15.3. The van der Waals surface area contributed by atoms with Gasteiger partial charge < -0.3 is 9.47 Å². The van der Waals surface area contributed by atoms with Crippen molar-refractivity contribution in [3.8, 4) is 5.75 Å². The Morgan fingerprint density at radius 1 is 0.619 bits per heavy atom. The Bertz CT molecular complexity index is 1130. The molecule has 3 rings (SSSR count). The normalized spacial score (nSPS) is 14.1. The molecule has 0 aromatic heterocycles. The van der Waals surface area contributed by atoms with E-state index in [0.29, 0.717) is 23.1 Å². The first-order chi connectivity index (χ1) is 20.6. The minimum absolute atomic E-state index is 0.0683. The third-order valence-electron chi connectivity index (χ3n) is 8.52. The third-order valence-corrected chi connectivity index (χ3v) is 8.52. The van der Waals surface area contributed by atoms with Crippen LogP contribution in [0.4, 0.5) is 0 Å². The fourth-order valence-corrected chi connectivity index (χ4v) is 5.87. The zero-order chi connectivity index (χ0) is 30.0. The zero-order valence-corrected chi connectivity index (χ0v) is 26.6. The summed E-state index contributed by atoms with van der Waals surface area (Å²) in [6.07, 6.45) is 12.3.